The van der Waals surface area contributed by atoms with E-state index >= 15 is 0 Å². The van der Waals surface area contributed by atoms with Gasteiger partial charge in [-0.15, -0.1) is 0 Å². The fourth-order valence-electron chi connectivity index (χ4n) is 3.07. The number of nitrogens with one attached hydrogen (secondary N) is 1. The molecule has 0 radical (unpaired) electrons. The minimum atomic E-state index is -0.978. The molecule has 4 aromatic rings. The monoisotopic (exact) mass is 333 g/mol. The number of aliphatic carboxylic acids is 1. The molecular formula is C19H15N3O3. The van der Waals surface area contributed by atoms with Gasteiger partial charge in [-0.2, -0.15) is 5.10 Å². The number of carboxylic acid groups (broad SMARTS) is 1. The number of H-pyrrole nitrogens is 1. The number of hydrogen-bond acceptors (Lipinski definition) is 3. The van der Waals surface area contributed by atoms with Crippen LogP contribution in [-0.4, -0.2) is 25.8 Å². The number of nitrogens with zero attached hydrogens (tertiary/aromatic N) is 2. The van der Waals surface area contributed by atoms with E-state index in [1.807, 2.05) is 30.3 Å². The minimum absolute atomic E-state index is 0.229. The zero-order chi connectivity index (χ0) is 17.4. The maximum absolute atomic E-state index is 12.7. The van der Waals surface area contributed by atoms with Gasteiger partial charge in [0.1, 0.15) is 0 Å². The molecule has 0 atom stereocenters. The Morgan fingerprint density at radius 2 is 1.80 bits per heavy atom. The second kappa shape index (κ2) is 5.90. The highest BCUT2D eigenvalue weighted by Crippen LogP contribution is 2.17. The lowest BCUT2D eigenvalue weighted by Gasteiger charge is -2.09. The molecule has 0 bridgehead atoms. The van der Waals surface area contributed by atoms with Crippen LogP contribution in [0.25, 0.3) is 21.7 Å². The normalized spacial score (nSPS) is 11.2. The molecule has 25 heavy (non-hydrogen) atoms. The zero-order valence-electron chi connectivity index (χ0n) is 13.3. The Morgan fingerprint density at radius 3 is 2.56 bits per heavy atom. The average Bonchev–Trinajstić information content (AvgIpc) is 3.01. The molecule has 2 aromatic heterocycles. The van der Waals surface area contributed by atoms with Gasteiger partial charge in [0.15, 0.2) is 0 Å². The maximum atomic E-state index is 12.7. The van der Waals surface area contributed by atoms with Crippen LogP contribution in [0, 0.1) is 0 Å². The van der Waals surface area contributed by atoms with Crippen LogP contribution in [0.3, 0.4) is 0 Å². The van der Waals surface area contributed by atoms with Crippen molar-refractivity contribution in [3.05, 3.63) is 76.3 Å². The van der Waals surface area contributed by atoms with Gasteiger partial charge in [0, 0.05) is 16.6 Å². The second-order valence-corrected chi connectivity index (χ2v) is 5.91. The molecule has 0 spiro atoms. The molecule has 2 aromatic carbocycles. The Morgan fingerprint density at radius 1 is 1.08 bits per heavy atom. The molecule has 0 aliphatic rings. The van der Waals surface area contributed by atoms with E-state index in [4.69, 9.17) is 5.11 Å². The first kappa shape index (κ1) is 15.1. The first-order valence-corrected chi connectivity index (χ1v) is 7.89. The lowest BCUT2D eigenvalue weighted by Crippen LogP contribution is -2.26. The van der Waals surface area contributed by atoms with Crippen molar-refractivity contribution in [3.8, 4) is 0 Å². The Labute approximate surface area is 142 Å². The molecule has 0 aliphatic heterocycles. The Kier molecular flexibility index (Phi) is 3.57. The van der Waals surface area contributed by atoms with Gasteiger partial charge >= 0.3 is 5.97 Å². The van der Waals surface area contributed by atoms with Crippen molar-refractivity contribution in [2.75, 3.05) is 0 Å². The third kappa shape index (κ3) is 2.78. The van der Waals surface area contributed by atoms with E-state index in [1.54, 1.807) is 24.3 Å². The van der Waals surface area contributed by atoms with Crippen LogP contribution in [0.15, 0.2) is 59.4 Å². The Balaban J connectivity index is 1.84. The first-order chi connectivity index (χ1) is 12.1. The fourth-order valence-corrected chi connectivity index (χ4v) is 3.07. The summed E-state index contributed by atoms with van der Waals surface area (Å²) >= 11 is 0. The quantitative estimate of drug-likeness (QED) is 0.601. The number of hydrogen-bond donors (Lipinski definition) is 2. The average molecular weight is 333 g/mol. The highest BCUT2D eigenvalue weighted by atomic mass is 16.4. The molecule has 0 saturated carbocycles. The maximum Gasteiger partial charge on any atom is 0.309 e. The number of aromatic nitrogens is 3. The van der Waals surface area contributed by atoms with Gasteiger partial charge in [-0.1, -0.05) is 36.4 Å². The number of carbonyl (C=O) groups is 1. The molecule has 0 aliphatic carbocycles. The van der Waals surface area contributed by atoms with Crippen LogP contribution in [0.5, 0.6) is 0 Å². The third-order valence-electron chi connectivity index (χ3n) is 4.17. The summed E-state index contributed by atoms with van der Waals surface area (Å²) in [5.74, 6) is -0.978. The number of rotatable bonds is 4. The fraction of sp³-hybridized carbons (Fsp3) is 0.105. The summed E-state index contributed by atoms with van der Waals surface area (Å²) in [4.78, 5) is 27.1. The van der Waals surface area contributed by atoms with Crippen molar-refractivity contribution in [2.24, 2.45) is 0 Å². The van der Waals surface area contributed by atoms with E-state index < -0.39 is 5.97 Å². The van der Waals surface area contributed by atoms with Crippen LogP contribution in [0.2, 0.25) is 0 Å². The molecule has 2 N–H and O–H groups in total. The standard InChI is InChI=1S/C19H15N3O3/c23-18(24)10-17-14-6-2-3-7-15(14)19(25)22(21-17)11-13-9-12-5-1-4-8-16(12)20-13/h1-9,20H,10-11H2,(H,23,24). The SMILES string of the molecule is O=C(O)Cc1nn(Cc2cc3ccccc3[nH]2)c(=O)c2ccccc12. The zero-order valence-corrected chi connectivity index (χ0v) is 13.3. The van der Waals surface area contributed by atoms with Crippen LogP contribution >= 0.6 is 0 Å². The highest BCUT2D eigenvalue weighted by molar-refractivity contribution is 5.86. The minimum Gasteiger partial charge on any atom is -0.481 e. The van der Waals surface area contributed by atoms with Gasteiger partial charge < -0.3 is 10.1 Å². The van der Waals surface area contributed by atoms with Crippen LogP contribution in [-0.2, 0) is 17.8 Å². The molecule has 0 fully saturated rings. The van der Waals surface area contributed by atoms with E-state index in [-0.39, 0.29) is 18.5 Å². The van der Waals surface area contributed by atoms with Crippen molar-refractivity contribution in [1.29, 1.82) is 0 Å². The predicted octanol–water partition coefficient (Wildman–Crippen LogP) is 2.55. The summed E-state index contributed by atoms with van der Waals surface area (Å²) in [6, 6.07) is 16.8. The summed E-state index contributed by atoms with van der Waals surface area (Å²) in [7, 11) is 0. The van der Waals surface area contributed by atoms with Crippen molar-refractivity contribution < 1.29 is 9.90 Å². The molecule has 6 heteroatoms. The van der Waals surface area contributed by atoms with Crippen molar-refractivity contribution in [3.63, 3.8) is 0 Å². The summed E-state index contributed by atoms with van der Waals surface area (Å²) in [5.41, 5.74) is 1.98. The Hall–Kier alpha value is -3.41. The van der Waals surface area contributed by atoms with E-state index in [2.05, 4.69) is 10.1 Å². The van der Waals surface area contributed by atoms with Crippen LogP contribution < -0.4 is 5.56 Å². The van der Waals surface area contributed by atoms with Crippen molar-refractivity contribution in [2.45, 2.75) is 13.0 Å². The van der Waals surface area contributed by atoms with E-state index in [9.17, 15) is 9.59 Å². The largest absolute Gasteiger partial charge is 0.481 e. The molecule has 0 saturated heterocycles. The Bertz CT molecular complexity index is 1120. The highest BCUT2D eigenvalue weighted by Gasteiger charge is 2.13. The predicted molar refractivity (Wildman–Crippen MR) is 94.7 cm³/mol. The topological polar surface area (TPSA) is 88.0 Å². The smallest absolute Gasteiger partial charge is 0.309 e. The number of benzene rings is 2. The van der Waals surface area contributed by atoms with Crippen molar-refractivity contribution >= 4 is 27.6 Å². The number of para-hydroxylation sites is 1. The van der Waals surface area contributed by atoms with Gasteiger partial charge in [-0.25, -0.2) is 4.68 Å². The number of fused-ring (bicyclic) bond motifs is 2. The van der Waals surface area contributed by atoms with E-state index in [0.717, 1.165) is 16.6 Å². The van der Waals surface area contributed by atoms with Crippen LogP contribution in [0.4, 0.5) is 0 Å². The lowest BCUT2D eigenvalue weighted by molar-refractivity contribution is -0.136. The van der Waals surface area contributed by atoms with Gasteiger partial charge in [-0.3, -0.25) is 9.59 Å². The molecule has 4 rings (SSSR count). The molecular weight excluding hydrogens is 318 g/mol. The van der Waals surface area contributed by atoms with Gasteiger partial charge in [0.2, 0.25) is 0 Å². The lowest BCUT2D eigenvalue weighted by atomic mass is 10.1. The summed E-state index contributed by atoms with van der Waals surface area (Å²) in [6.45, 7) is 0.255. The number of aromatic amines is 1. The summed E-state index contributed by atoms with van der Waals surface area (Å²) < 4.78 is 1.32. The van der Waals surface area contributed by atoms with E-state index in [0.29, 0.717) is 16.5 Å². The van der Waals surface area contributed by atoms with Crippen molar-refractivity contribution in [1.82, 2.24) is 14.8 Å². The molecule has 2 heterocycles. The molecule has 0 amide bonds. The molecule has 6 nitrogen and oxygen atoms in total. The summed E-state index contributed by atoms with van der Waals surface area (Å²) in [6.07, 6.45) is -0.229. The third-order valence-corrected chi connectivity index (χ3v) is 4.17. The first-order valence-electron chi connectivity index (χ1n) is 7.89. The van der Waals surface area contributed by atoms with Gasteiger partial charge in [-0.05, 0) is 23.6 Å². The number of carboxylic acids is 1. The van der Waals surface area contributed by atoms with Gasteiger partial charge in [0.05, 0.1) is 24.0 Å². The van der Waals surface area contributed by atoms with Crippen LogP contribution in [0.1, 0.15) is 11.4 Å². The molecule has 124 valence electrons. The molecule has 0 unspecified atom stereocenters. The van der Waals surface area contributed by atoms with Gasteiger partial charge in [0.25, 0.3) is 5.56 Å². The summed E-state index contributed by atoms with van der Waals surface area (Å²) in [5, 5.41) is 15.6. The second-order valence-electron chi connectivity index (χ2n) is 5.91. The van der Waals surface area contributed by atoms with E-state index in [1.165, 1.54) is 4.68 Å².